The van der Waals surface area contributed by atoms with Crippen molar-refractivity contribution in [3.05, 3.63) is 58.9 Å². The summed E-state index contributed by atoms with van der Waals surface area (Å²) in [5, 5.41) is 7.85. The number of nitrogens with one attached hydrogen (secondary N) is 1. The summed E-state index contributed by atoms with van der Waals surface area (Å²) in [5.41, 5.74) is 2.52. The molecule has 1 aliphatic carbocycles. The third-order valence-corrected chi connectivity index (χ3v) is 6.38. The average Bonchev–Trinajstić information content (AvgIpc) is 3.03. The monoisotopic (exact) mass is 425 g/mol. The molecule has 0 atom stereocenters. The molecule has 1 saturated carbocycles. The molecule has 1 fully saturated rings. The molecule has 2 aromatic heterocycles. The molecule has 31 heavy (non-hydrogen) atoms. The lowest BCUT2D eigenvalue weighted by molar-refractivity contribution is 0.0880. The highest BCUT2D eigenvalue weighted by Crippen LogP contribution is 2.35. The molecule has 6 heteroatoms. The lowest BCUT2D eigenvalue weighted by atomic mass is 9.83. The Morgan fingerprint density at radius 2 is 1.71 bits per heavy atom. The van der Waals surface area contributed by atoms with Gasteiger partial charge in [0, 0.05) is 11.1 Å². The van der Waals surface area contributed by atoms with Gasteiger partial charge in [0.25, 0.3) is 5.91 Å². The summed E-state index contributed by atoms with van der Waals surface area (Å²) < 4.78 is 30.8. The first-order chi connectivity index (χ1) is 14.7. The average molecular weight is 426 g/mol. The number of aromatic nitrogens is 2. The van der Waals surface area contributed by atoms with Gasteiger partial charge in [-0.15, -0.1) is 0 Å². The maximum absolute atomic E-state index is 14.5. The normalized spacial score (nSPS) is 16.1. The molecule has 0 radical (unpaired) electrons. The van der Waals surface area contributed by atoms with Crippen LogP contribution in [0.5, 0.6) is 0 Å². The summed E-state index contributed by atoms with van der Waals surface area (Å²) in [6, 6.07) is 7.35. The van der Waals surface area contributed by atoms with Gasteiger partial charge in [-0.3, -0.25) is 4.79 Å². The number of hydrogen-bond donors (Lipinski definition) is 1. The van der Waals surface area contributed by atoms with Crippen LogP contribution in [-0.2, 0) is 0 Å². The van der Waals surface area contributed by atoms with Crippen molar-refractivity contribution in [3.8, 4) is 11.1 Å². The molecule has 0 aliphatic heterocycles. The first-order valence-electron chi connectivity index (χ1n) is 11.0. The van der Waals surface area contributed by atoms with Gasteiger partial charge in [-0.1, -0.05) is 39.2 Å². The molecule has 3 aromatic rings. The van der Waals surface area contributed by atoms with E-state index < -0.39 is 11.6 Å². The molecular weight excluding hydrogens is 396 g/mol. The zero-order chi connectivity index (χ0) is 22.3. The molecule has 4 rings (SSSR count). The van der Waals surface area contributed by atoms with Gasteiger partial charge in [-0.05, 0) is 56.9 Å². The topological polar surface area (TPSA) is 46.4 Å². The van der Waals surface area contributed by atoms with Crippen molar-refractivity contribution in [2.75, 3.05) is 0 Å². The van der Waals surface area contributed by atoms with Crippen molar-refractivity contribution in [2.45, 2.75) is 71.3 Å². The zero-order valence-electron chi connectivity index (χ0n) is 18.6. The number of rotatable bonds is 4. The maximum atomic E-state index is 14.5. The largest absolute Gasteiger partial charge is 0.347 e. The van der Waals surface area contributed by atoms with Crippen LogP contribution in [-0.4, -0.2) is 21.1 Å². The van der Waals surface area contributed by atoms with E-state index in [4.69, 9.17) is 0 Å². The van der Waals surface area contributed by atoms with Gasteiger partial charge in [0.2, 0.25) is 0 Å². The third-order valence-electron chi connectivity index (χ3n) is 6.38. The Kier molecular flexibility index (Phi) is 5.58. The van der Waals surface area contributed by atoms with Gasteiger partial charge >= 0.3 is 0 Å². The number of fused-ring (bicyclic) bond motifs is 1. The number of pyridine rings is 1. The van der Waals surface area contributed by atoms with Crippen molar-refractivity contribution < 1.29 is 13.6 Å². The van der Waals surface area contributed by atoms with Gasteiger partial charge in [-0.2, -0.15) is 5.10 Å². The second-order valence-corrected chi connectivity index (χ2v) is 9.22. The summed E-state index contributed by atoms with van der Waals surface area (Å²) >= 11 is 0. The molecular formula is C25H29F2N3O. The van der Waals surface area contributed by atoms with E-state index in [1.807, 2.05) is 13.8 Å². The maximum Gasteiger partial charge on any atom is 0.253 e. The minimum Gasteiger partial charge on any atom is -0.347 e. The molecule has 1 aliphatic rings. The van der Waals surface area contributed by atoms with E-state index in [0.717, 1.165) is 31.4 Å². The second kappa shape index (κ2) is 8.06. The summed E-state index contributed by atoms with van der Waals surface area (Å²) in [5.74, 6) is -1.39. The second-order valence-electron chi connectivity index (χ2n) is 9.22. The quantitative estimate of drug-likeness (QED) is 0.544. The lowest BCUT2D eigenvalue weighted by Crippen LogP contribution is -2.47. The number of amides is 1. The number of benzene rings is 1. The number of carbonyl (C=O) groups excluding carboxylic acids is 1. The van der Waals surface area contributed by atoms with Crippen LogP contribution in [0.15, 0.2) is 30.3 Å². The van der Waals surface area contributed by atoms with Crippen LogP contribution in [0.25, 0.3) is 16.6 Å². The van der Waals surface area contributed by atoms with Gasteiger partial charge in [-0.25, -0.2) is 13.3 Å². The molecule has 0 bridgehead atoms. The molecule has 164 valence electrons. The smallest absolute Gasteiger partial charge is 0.253 e. The van der Waals surface area contributed by atoms with Crippen LogP contribution < -0.4 is 5.32 Å². The van der Waals surface area contributed by atoms with E-state index in [-0.39, 0.29) is 22.9 Å². The van der Waals surface area contributed by atoms with Crippen molar-refractivity contribution in [2.24, 2.45) is 0 Å². The molecule has 4 nitrogen and oxygen atoms in total. The van der Waals surface area contributed by atoms with E-state index in [1.54, 1.807) is 23.6 Å². The summed E-state index contributed by atoms with van der Waals surface area (Å²) in [6.45, 7) is 7.83. The molecule has 0 unspecified atom stereocenters. The van der Waals surface area contributed by atoms with Crippen LogP contribution >= 0.6 is 0 Å². The highest BCUT2D eigenvalue weighted by Gasteiger charge is 2.31. The summed E-state index contributed by atoms with van der Waals surface area (Å²) in [6.07, 6.45) is 5.37. The number of halogens is 2. The Balaban J connectivity index is 1.85. The lowest BCUT2D eigenvalue weighted by Gasteiger charge is -2.34. The van der Waals surface area contributed by atoms with Gasteiger partial charge in [0.15, 0.2) is 0 Å². The van der Waals surface area contributed by atoms with Crippen LogP contribution in [0, 0.1) is 18.6 Å². The Morgan fingerprint density at radius 3 is 2.32 bits per heavy atom. The Hall–Kier alpha value is -2.76. The molecule has 1 aromatic carbocycles. The van der Waals surface area contributed by atoms with E-state index in [9.17, 15) is 13.6 Å². The molecule has 2 heterocycles. The van der Waals surface area contributed by atoms with E-state index in [0.29, 0.717) is 22.3 Å². The van der Waals surface area contributed by atoms with Crippen molar-refractivity contribution >= 4 is 11.4 Å². The third kappa shape index (κ3) is 3.84. The number of hydrogen-bond acceptors (Lipinski definition) is 2. The predicted molar refractivity (Wildman–Crippen MR) is 118 cm³/mol. The first kappa shape index (κ1) is 21.5. The van der Waals surface area contributed by atoms with Crippen LogP contribution in [0.3, 0.4) is 0 Å². The Morgan fingerprint density at radius 1 is 1.06 bits per heavy atom. The van der Waals surface area contributed by atoms with E-state index in [2.05, 4.69) is 17.3 Å². The number of nitrogens with zero attached hydrogens (tertiary/aromatic N) is 2. The Bertz CT molecular complexity index is 1120. The van der Waals surface area contributed by atoms with Crippen LogP contribution in [0.1, 0.15) is 80.5 Å². The van der Waals surface area contributed by atoms with Crippen molar-refractivity contribution in [1.82, 2.24) is 14.9 Å². The molecule has 0 saturated heterocycles. The van der Waals surface area contributed by atoms with Gasteiger partial charge in [0.1, 0.15) is 11.6 Å². The van der Waals surface area contributed by atoms with Gasteiger partial charge in [0.05, 0.1) is 28.0 Å². The van der Waals surface area contributed by atoms with E-state index >= 15 is 0 Å². The molecule has 1 N–H and O–H groups in total. The fraction of sp³-hybridized carbons (Fsp3) is 0.440. The fourth-order valence-electron chi connectivity index (χ4n) is 4.84. The standard InChI is InChI=1S/C25H29F2N3O/c1-15(2)23-17(24(31)28-25(4)13-6-5-7-14-25)11-12-20-21(16(3)29-30(20)23)22-18(26)9-8-10-19(22)27/h8-12,15H,5-7,13-14H2,1-4H3,(H,28,31). The van der Waals surface area contributed by atoms with Crippen LogP contribution in [0.2, 0.25) is 0 Å². The Labute approximate surface area is 181 Å². The number of carbonyl (C=O) groups is 1. The predicted octanol–water partition coefficient (Wildman–Crippen LogP) is 6.16. The van der Waals surface area contributed by atoms with Crippen LogP contribution in [0.4, 0.5) is 8.78 Å². The van der Waals surface area contributed by atoms with Crippen molar-refractivity contribution in [3.63, 3.8) is 0 Å². The minimum atomic E-state index is -0.629. The minimum absolute atomic E-state index is 0.0128. The first-order valence-corrected chi connectivity index (χ1v) is 11.0. The zero-order valence-corrected chi connectivity index (χ0v) is 18.6. The summed E-state index contributed by atoms with van der Waals surface area (Å²) in [4.78, 5) is 13.3. The van der Waals surface area contributed by atoms with E-state index in [1.165, 1.54) is 24.6 Å². The SMILES string of the molecule is Cc1nn2c(C(C)C)c(C(=O)NC3(C)CCCCC3)ccc2c1-c1c(F)cccc1F. The highest BCUT2D eigenvalue weighted by atomic mass is 19.1. The molecule has 1 amide bonds. The fourth-order valence-corrected chi connectivity index (χ4v) is 4.84. The van der Waals surface area contributed by atoms with Gasteiger partial charge < -0.3 is 5.32 Å². The highest BCUT2D eigenvalue weighted by molar-refractivity contribution is 5.97. The molecule has 0 spiro atoms. The van der Waals surface area contributed by atoms with Crippen molar-refractivity contribution in [1.29, 1.82) is 0 Å². The summed E-state index contributed by atoms with van der Waals surface area (Å²) in [7, 11) is 0. The number of aryl methyl sites for hydroxylation is 1.